The quantitative estimate of drug-likeness (QED) is 0.754. The number of hydrogen-bond acceptors (Lipinski definition) is 2. The van der Waals surface area contributed by atoms with Gasteiger partial charge in [0, 0.05) is 29.6 Å². The summed E-state index contributed by atoms with van der Waals surface area (Å²) in [5.41, 5.74) is 0.900. The molecule has 4 rings (SSSR count). The number of amides is 1. The van der Waals surface area contributed by atoms with Gasteiger partial charge in [-0.2, -0.15) is 0 Å². The van der Waals surface area contributed by atoms with Crippen molar-refractivity contribution in [2.75, 3.05) is 13.1 Å². The Morgan fingerprint density at radius 1 is 1.12 bits per heavy atom. The molecule has 1 aromatic rings. The number of benzene rings is 1. The predicted molar refractivity (Wildman–Crippen MR) is 105 cm³/mol. The molecule has 25 heavy (non-hydrogen) atoms. The molecule has 0 bridgehead atoms. The van der Waals surface area contributed by atoms with Crippen LogP contribution in [0.2, 0.25) is 0 Å². The number of carbonyl (C=O) groups excluding carboxylic acids is 1. The van der Waals surface area contributed by atoms with E-state index in [4.69, 9.17) is 0 Å². The minimum Gasteiger partial charge on any atom is -0.351 e. The first-order chi connectivity index (χ1) is 12.2. The van der Waals surface area contributed by atoms with Crippen molar-refractivity contribution in [3.63, 3.8) is 0 Å². The first-order valence-corrected chi connectivity index (χ1v) is 10.8. The number of nitrogens with one attached hydrogen (secondary N) is 1. The normalized spacial score (nSPS) is 27.0. The Kier molecular flexibility index (Phi) is 5.19. The van der Waals surface area contributed by atoms with E-state index in [-0.39, 0.29) is 11.3 Å². The van der Waals surface area contributed by atoms with Gasteiger partial charge in [0.1, 0.15) is 0 Å². The van der Waals surface area contributed by atoms with E-state index >= 15 is 0 Å². The van der Waals surface area contributed by atoms with Gasteiger partial charge in [0.15, 0.2) is 0 Å². The zero-order valence-electron chi connectivity index (χ0n) is 15.0. The summed E-state index contributed by atoms with van der Waals surface area (Å²) in [7, 11) is 0. The summed E-state index contributed by atoms with van der Waals surface area (Å²) in [5.74, 6) is 0.248. The molecule has 1 aromatic carbocycles. The smallest absolute Gasteiger partial charge is 0.230 e. The molecular formula is C21H29BrN2O. The first-order valence-electron chi connectivity index (χ1n) is 9.98. The lowest BCUT2D eigenvalue weighted by atomic mass is 9.94. The van der Waals surface area contributed by atoms with Gasteiger partial charge in [0.25, 0.3) is 0 Å². The fourth-order valence-electron chi connectivity index (χ4n) is 4.74. The minimum absolute atomic E-state index is 0.248. The van der Waals surface area contributed by atoms with Crippen molar-refractivity contribution in [3.8, 4) is 0 Å². The Morgan fingerprint density at radius 3 is 2.56 bits per heavy atom. The second kappa shape index (κ2) is 7.40. The van der Waals surface area contributed by atoms with Crippen LogP contribution in [0.3, 0.4) is 0 Å². The van der Waals surface area contributed by atoms with Gasteiger partial charge in [-0.3, -0.25) is 9.69 Å². The lowest BCUT2D eigenvalue weighted by Crippen LogP contribution is -2.44. The van der Waals surface area contributed by atoms with Gasteiger partial charge in [0.05, 0.1) is 5.41 Å². The Hall–Kier alpha value is -0.870. The predicted octanol–water partition coefficient (Wildman–Crippen LogP) is 4.39. The Balaban J connectivity index is 1.36. The summed E-state index contributed by atoms with van der Waals surface area (Å²) in [4.78, 5) is 15.6. The zero-order valence-corrected chi connectivity index (χ0v) is 16.6. The summed E-state index contributed by atoms with van der Waals surface area (Å²) in [6, 6.07) is 9.36. The molecule has 1 N–H and O–H groups in total. The third kappa shape index (κ3) is 3.80. The second-order valence-electron chi connectivity index (χ2n) is 8.19. The molecule has 3 fully saturated rings. The van der Waals surface area contributed by atoms with E-state index in [1.807, 2.05) is 12.1 Å². The number of likely N-dealkylation sites (tertiary alicyclic amines) is 1. The molecule has 0 spiro atoms. The van der Waals surface area contributed by atoms with Crippen molar-refractivity contribution in [2.24, 2.45) is 0 Å². The van der Waals surface area contributed by atoms with Crippen LogP contribution in [0.1, 0.15) is 63.4 Å². The molecule has 1 saturated heterocycles. The van der Waals surface area contributed by atoms with Crippen molar-refractivity contribution < 1.29 is 4.79 Å². The van der Waals surface area contributed by atoms with Crippen LogP contribution in [0.4, 0.5) is 0 Å². The van der Waals surface area contributed by atoms with Crippen LogP contribution in [0.15, 0.2) is 28.7 Å². The SMILES string of the molecule is O=C(NC1CCN(C2CCCCCC2)C1)C1(c2cccc(Br)c2)CC1. The molecule has 0 radical (unpaired) electrons. The van der Waals surface area contributed by atoms with Crippen LogP contribution in [0.25, 0.3) is 0 Å². The highest BCUT2D eigenvalue weighted by atomic mass is 79.9. The molecule has 4 heteroatoms. The molecule has 1 unspecified atom stereocenters. The Morgan fingerprint density at radius 2 is 1.88 bits per heavy atom. The summed E-state index contributed by atoms with van der Waals surface area (Å²) in [6.45, 7) is 2.20. The van der Waals surface area contributed by atoms with Gasteiger partial charge in [-0.1, -0.05) is 53.7 Å². The largest absolute Gasteiger partial charge is 0.351 e. The molecule has 1 atom stereocenters. The molecule has 136 valence electrons. The van der Waals surface area contributed by atoms with E-state index in [0.717, 1.165) is 48.4 Å². The molecule has 3 nitrogen and oxygen atoms in total. The average molecular weight is 405 g/mol. The monoisotopic (exact) mass is 404 g/mol. The fourth-order valence-corrected chi connectivity index (χ4v) is 5.14. The summed E-state index contributed by atoms with van der Waals surface area (Å²) < 4.78 is 1.06. The highest BCUT2D eigenvalue weighted by Crippen LogP contribution is 2.49. The minimum atomic E-state index is -0.264. The standard InChI is InChI=1S/C21H29BrN2O/c22-17-7-5-6-16(14-17)21(11-12-21)20(25)23-18-10-13-24(15-18)19-8-3-1-2-4-9-19/h5-7,14,18-19H,1-4,8-13,15H2,(H,23,25). The van der Waals surface area contributed by atoms with Crippen LogP contribution < -0.4 is 5.32 Å². The van der Waals surface area contributed by atoms with Crippen LogP contribution in [-0.4, -0.2) is 36.0 Å². The number of hydrogen-bond donors (Lipinski definition) is 1. The van der Waals surface area contributed by atoms with Crippen LogP contribution in [0.5, 0.6) is 0 Å². The van der Waals surface area contributed by atoms with Gasteiger partial charge >= 0.3 is 0 Å². The Labute approximate surface area is 159 Å². The molecule has 1 amide bonds. The maximum absolute atomic E-state index is 13.0. The van der Waals surface area contributed by atoms with Gasteiger partial charge in [0.2, 0.25) is 5.91 Å². The van der Waals surface area contributed by atoms with Crippen molar-refractivity contribution in [3.05, 3.63) is 34.3 Å². The molecule has 0 aromatic heterocycles. The second-order valence-corrected chi connectivity index (χ2v) is 9.11. The van der Waals surface area contributed by atoms with Gasteiger partial charge in [-0.25, -0.2) is 0 Å². The third-order valence-electron chi connectivity index (χ3n) is 6.46. The highest BCUT2D eigenvalue weighted by molar-refractivity contribution is 9.10. The number of nitrogens with zero attached hydrogens (tertiary/aromatic N) is 1. The maximum Gasteiger partial charge on any atom is 0.230 e. The topological polar surface area (TPSA) is 32.3 Å². The molecule has 1 heterocycles. The van der Waals surface area contributed by atoms with E-state index in [1.54, 1.807) is 0 Å². The average Bonchev–Trinajstić information content (AvgIpc) is 3.36. The van der Waals surface area contributed by atoms with E-state index in [0.29, 0.717) is 6.04 Å². The first kappa shape index (κ1) is 17.5. The lowest BCUT2D eigenvalue weighted by Gasteiger charge is -2.27. The summed E-state index contributed by atoms with van der Waals surface area (Å²) in [5, 5.41) is 3.39. The Bertz CT molecular complexity index is 620. The molecule has 2 saturated carbocycles. The van der Waals surface area contributed by atoms with Crippen molar-refractivity contribution >= 4 is 21.8 Å². The zero-order chi connectivity index (χ0) is 17.3. The fraction of sp³-hybridized carbons (Fsp3) is 0.667. The van der Waals surface area contributed by atoms with E-state index < -0.39 is 0 Å². The maximum atomic E-state index is 13.0. The molecular weight excluding hydrogens is 376 g/mol. The van der Waals surface area contributed by atoms with Crippen molar-refractivity contribution in [2.45, 2.75) is 75.3 Å². The number of carbonyl (C=O) groups is 1. The number of halogens is 1. The summed E-state index contributed by atoms with van der Waals surface area (Å²) >= 11 is 3.54. The van der Waals surface area contributed by atoms with Gasteiger partial charge < -0.3 is 5.32 Å². The highest BCUT2D eigenvalue weighted by Gasteiger charge is 2.51. The summed E-state index contributed by atoms with van der Waals surface area (Å²) in [6.07, 6.45) is 11.3. The third-order valence-corrected chi connectivity index (χ3v) is 6.95. The molecule has 1 aliphatic heterocycles. The van der Waals surface area contributed by atoms with Crippen molar-refractivity contribution in [1.82, 2.24) is 10.2 Å². The molecule has 3 aliphatic rings. The molecule has 2 aliphatic carbocycles. The van der Waals surface area contributed by atoms with E-state index in [9.17, 15) is 4.79 Å². The van der Waals surface area contributed by atoms with Crippen LogP contribution in [-0.2, 0) is 10.2 Å². The van der Waals surface area contributed by atoms with Gasteiger partial charge in [-0.05, 0) is 49.8 Å². The number of rotatable bonds is 4. The van der Waals surface area contributed by atoms with E-state index in [1.165, 1.54) is 38.5 Å². The van der Waals surface area contributed by atoms with Crippen LogP contribution >= 0.6 is 15.9 Å². The van der Waals surface area contributed by atoms with E-state index in [2.05, 4.69) is 38.3 Å². The van der Waals surface area contributed by atoms with Crippen molar-refractivity contribution in [1.29, 1.82) is 0 Å². The lowest BCUT2D eigenvalue weighted by molar-refractivity contribution is -0.124. The van der Waals surface area contributed by atoms with Gasteiger partial charge in [-0.15, -0.1) is 0 Å². The van der Waals surface area contributed by atoms with Crippen LogP contribution in [0, 0.1) is 0 Å².